The Morgan fingerprint density at radius 2 is 2.21 bits per heavy atom. The quantitative estimate of drug-likeness (QED) is 0.377. The zero-order valence-electron chi connectivity index (χ0n) is 11.2. The monoisotopic (exact) mass is 283 g/mol. The molecule has 3 N–H and O–H groups in total. The zero-order valence-corrected chi connectivity index (χ0v) is 12.0. The van der Waals surface area contributed by atoms with Gasteiger partial charge in [0.2, 0.25) is 0 Å². The van der Waals surface area contributed by atoms with Crippen molar-refractivity contribution in [1.29, 1.82) is 0 Å². The average Bonchev–Trinajstić information content (AvgIpc) is 2.39. The van der Waals surface area contributed by atoms with Crippen LogP contribution in [0.4, 0.5) is 11.4 Å². The summed E-state index contributed by atoms with van der Waals surface area (Å²) in [6.45, 7) is 4.01. The maximum Gasteiger partial charge on any atom is 0.337 e. The zero-order chi connectivity index (χ0) is 14.4. The fourth-order valence-electron chi connectivity index (χ4n) is 1.49. The van der Waals surface area contributed by atoms with Crippen molar-refractivity contribution in [2.75, 3.05) is 18.3 Å². The average molecular weight is 284 g/mol. The van der Waals surface area contributed by atoms with Crippen LogP contribution in [-0.2, 0) is 4.74 Å². The van der Waals surface area contributed by atoms with E-state index in [9.17, 15) is 4.79 Å². The van der Waals surface area contributed by atoms with Crippen LogP contribution in [0.15, 0.2) is 23.2 Å². The number of rotatable bonds is 5. The van der Waals surface area contributed by atoms with E-state index in [-0.39, 0.29) is 17.8 Å². The van der Waals surface area contributed by atoms with E-state index in [0.29, 0.717) is 11.3 Å². The fourth-order valence-corrected chi connectivity index (χ4v) is 1.55. The number of methoxy groups -OCH3 is 1. The number of nitrogens with one attached hydrogen (secondary N) is 1. The molecule has 5 nitrogen and oxygen atoms in total. The molecule has 0 unspecified atom stereocenters. The smallest absolute Gasteiger partial charge is 0.337 e. The molecule has 0 aliphatic rings. The summed E-state index contributed by atoms with van der Waals surface area (Å²) in [5.41, 5.74) is 7.40. The van der Waals surface area contributed by atoms with Crippen molar-refractivity contribution in [3.05, 3.63) is 23.8 Å². The van der Waals surface area contributed by atoms with Gasteiger partial charge in [-0.05, 0) is 32.0 Å². The molecule has 0 fully saturated rings. The summed E-state index contributed by atoms with van der Waals surface area (Å²) >= 11 is 5.62. The number of halogens is 1. The van der Waals surface area contributed by atoms with Gasteiger partial charge in [-0.15, -0.1) is 11.6 Å². The van der Waals surface area contributed by atoms with Gasteiger partial charge in [-0.2, -0.15) is 0 Å². The maximum absolute atomic E-state index is 11.5. The highest BCUT2D eigenvalue weighted by atomic mass is 35.5. The Hall–Kier alpha value is -1.75. The van der Waals surface area contributed by atoms with Crippen molar-refractivity contribution in [3.63, 3.8) is 0 Å². The molecule has 1 rings (SSSR count). The highest BCUT2D eigenvalue weighted by Gasteiger charge is 2.10. The number of alkyl halides is 1. The molecule has 0 aliphatic carbocycles. The Morgan fingerprint density at radius 1 is 1.53 bits per heavy atom. The summed E-state index contributed by atoms with van der Waals surface area (Å²) in [6.07, 6.45) is 0. The van der Waals surface area contributed by atoms with Gasteiger partial charge < -0.3 is 15.8 Å². The van der Waals surface area contributed by atoms with E-state index < -0.39 is 5.97 Å². The summed E-state index contributed by atoms with van der Waals surface area (Å²) in [7, 11) is 1.33. The summed E-state index contributed by atoms with van der Waals surface area (Å²) in [6, 6.07) is 5.30. The SMILES string of the molecule is COC(=O)c1ccc(NC(C)C)c(N=C(N)CCl)c1. The number of ether oxygens (including phenoxy) is 1. The van der Waals surface area contributed by atoms with E-state index in [1.54, 1.807) is 18.2 Å². The number of hydrogen-bond donors (Lipinski definition) is 2. The molecule has 0 heterocycles. The largest absolute Gasteiger partial charge is 0.465 e. The molecular weight excluding hydrogens is 266 g/mol. The molecule has 0 aromatic heterocycles. The highest BCUT2D eigenvalue weighted by molar-refractivity contribution is 6.28. The number of nitrogens with zero attached hydrogens (tertiary/aromatic N) is 1. The Kier molecular flexibility index (Phi) is 5.63. The third kappa shape index (κ3) is 4.44. The van der Waals surface area contributed by atoms with E-state index in [2.05, 4.69) is 15.0 Å². The lowest BCUT2D eigenvalue weighted by molar-refractivity contribution is 0.0601. The fraction of sp³-hybridized carbons (Fsp3) is 0.385. The first-order chi connectivity index (χ1) is 8.97. The number of hydrogen-bond acceptors (Lipinski definition) is 4. The molecule has 0 atom stereocenters. The van der Waals surface area contributed by atoms with Gasteiger partial charge in [0.1, 0.15) is 5.84 Å². The van der Waals surface area contributed by atoms with E-state index >= 15 is 0 Å². The molecule has 19 heavy (non-hydrogen) atoms. The summed E-state index contributed by atoms with van der Waals surface area (Å²) in [5, 5.41) is 3.23. The molecule has 0 spiro atoms. The first-order valence-electron chi connectivity index (χ1n) is 5.85. The second-order valence-corrected chi connectivity index (χ2v) is 4.53. The second kappa shape index (κ2) is 6.99. The summed E-state index contributed by atoms with van der Waals surface area (Å²) in [4.78, 5) is 15.7. The number of esters is 1. The van der Waals surface area contributed by atoms with Crippen LogP contribution in [0.1, 0.15) is 24.2 Å². The van der Waals surface area contributed by atoms with Gasteiger partial charge in [0.15, 0.2) is 0 Å². The van der Waals surface area contributed by atoms with Gasteiger partial charge in [-0.1, -0.05) is 0 Å². The molecule has 0 amide bonds. The topological polar surface area (TPSA) is 76.7 Å². The summed E-state index contributed by atoms with van der Waals surface area (Å²) < 4.78 is 4.68. The lowest BCUT2D eigenvalue weighted by Crippen LogP contribution is -2.14. The summed E-state index contributed by atoms with van der Waals surface area (Å²) in [5.74, 6) is -0.00342. The number of aliphatic imine (C=N–C) groups is 1. The third-order valence-corrected chi connectivity index (χ3v) is 2.54. The number of amidine groups is 1. The minimum atomic E-state index is -0.419. The number of benzene rings is 1. The van der Waals surface area contributed by atoms with Gasteiger partial charge in [0.05, 0.1) is 29.9 Å². The highest BCUT2D eigenvalue weighted by Crippen LogP contribution is 2.27. The number of carbonyl (C=O) groups excluding carboxylic acids is 1. The second-order valence-electron chi connectivity index (χ2n) is 4.26. The van der Waals surface area contributed by atoms with Crippen molar-refractivity contribution in [2.24, 2.45) is 10.7 Å². The third-order valence-electron chi connectivity index (χ3n) is 2.26. The van der Waals surface area contributed by atoms with Crippen LogP contribution >= 0.6 is 11.6 Å². The predicted molar refractivity (Wildman–Crippen MR) is 78.5 cm³/mol. The number of nitrogens with two attached hydrogens (primary N) is 1. The molecule has 6 heteroatoms. The minimum absolute atomic E-state index is 0.129. The Bertz CT molecular complexity index is 487. The van der Waals surface area contributed by atoms with E-state index in [4.69, 9.17) is 17.3 Å². The Morgan fingerprint density at radius 3 is 2.74 bits per heavy atom. The van der Waals surface area contributed by atoms with Gasteiger partial charge in [-0.25, -0.2) is 9.79 Å². The van der Waals surface area contributed by atoms with Crippen molar-refractivity contribution in [2.45, 2.75) is 19.9 Å². The lowest BCUT2D eigenvalue weighted by atomic mass is 10.1. The van der Waals surface area contributed by atoms with Crippen LogP contribution in [0.5, 0.6) is 0 Å². The molecule has 0 saturated carbocycles. The first-order valence-corrected chi connectivity index (χ1v) is 6.39. The molecular formula is C13H18ClN3O2. The molecule has 0 bridgehead atoms. The van der Waals surface area contributed by atoms with Crippen LogP contribution in [0.25, 0.3) is 0 Å². The standard InChI is InChI=1S/C13H18ClN3O2/c1-8(2)16-10-5-4-9(13(18)19-3)6-11(10)17-12(15)7-14/h4-6,8,16H,7H2,1-3H3,(H2,15,17). The van der Waals surface area contributed by atoms with Crippen molar-refractivity contribution < 1.29 is 9.53 Å². The van der Waals surface area contributed by atoms with E-state index in [0.717, 1.165) is 5.69 Å². The minimum Gasteiger partial charge on any atom is -0.465 e. The molecule has 0 saturated heterocycles. The van der Waals surface area contributed by atoms with Crippen molar-refractivity contribution in [3.8, 4) is 0 Å². The van der Waals surface area contributed by atoms with Gasteiger partial charge >= 0.3 is 5.97 Å². The van der Waals surface area contributed by atoms with E-state index in [1.165, 1.54) is 7.11 Å². The Labute approximate surface area is 117 Å². The number of anilines is 1. The van der Waals surface area contributed by atoms with Gasteiger partial charge in [-0.3, -0.25) is 0 Å². The predicted octanol–water partition coefficient (Wildman–Crippen LogP) is 2.52. The van der Waals surface area contributed by atoms with Crippen LogP contribution in [0.3, 0.4) is 0 Å². The van der Waals surface area contributed by atoms with Crippen LogP contribution in [-0.4, -0.2) is 30.8 Å². The number of carbonyl (C=O) groups is 1. The van der Waals surface area contributed by atoms with Crippen molar-refractivity contribution >= 4 is 34.8 Å². The van der Waals surface area contributed by atoms with Gasteiger partial charge in [0.25, 0.3) is 0 Å². The molecule has 0 radical (unpaired) electrons. The molecule has 0 aliphatic heterocycles. The van der Waals surface area contributed by atoms with Crippen LogP contribution in [0.2, 0.25) is 0 Å². The van der Waals surface area contributed by atoms with Crippen LogP contribution in [0, 0.1) is 0 Å². The van der Waals surface area contributed by atoms with E-state index in [1.807, 2.05) is 13.8 Å². The van der Waals surface area contributed by atoms with Gasteiger partial charge in [0, 0.05) is 6.04 Å². The Balaban J connectivity index is 3.21. The lowest BCUT2D eigenvalue weighted by Gasteiger charge is -2.13. The molecule has 104 valence electrons. The maximum atomic E-state index is 11.5. The van der Waals surface area contributed by atoms with Crippen LogP contribution < -0.4 is 11.1 Å². The first kappa shape index (κ1) is 15.3. The molecule has 1 aromatic carbocycles. The normalized spacial score (nSPS) is 11.5. The van der Waals surface area contributed by atoms with Crippen molar-refractivity contribution in [1.82, 2.24) is 0 Å². The molecule has 1 aromatic rings.